The van der Waals surface area contributed by atoms with Gasteiger partial charge in [0, 0.05) is 56.4 Å². The van der Waals surface area contributed by atoms with Crippen LogP contribution in [0.15, 0.2) is 42.7 Å². The zero-order valence-corrected chi connectivity index (χ0v) is 15.0. The van der Waals surface area contributed by atoms with Gasteiger partial charge in [-0.25, -0.2) is 9.97 Å². The van der Waals surface area contributed by atoms with Crippen molar-refractivity contribution in [3.05, 3.63) is 42.7 Å². The number of hydrogen-bond acceptors (Lipinski definition) is 6. The first-order valence-electron chi connectivity index (χ1n) is 9.51. The van der Waals surface area contributed by atoms with E-state index in [2.05, 4.69) is 61.1 Å². The molecule has 3 saturated heterocycles. The average Bonchev–Trinajstić information content (AvgIpc) is 3.14. The van der Waals surface area contributed by atoms with Gasteiger partial charge in [-0.3, -0.25) is 0 Å². The van der Waals surface area contributed by atoms with Gasteiger partial charge >= 0.3 is 0 Å². The third-order valence-electron chi connectivity index (χ3n) is 5.91. The third kappa shape index (κ3) is 2.88. The number of hydrogen-bond donors (Lipinski definition) is 0. The van der Waals surface area contributed by atoms with Gasteiger partial charge in [0.15, 0.2) is 0 Å². The molecule has 5 rings (SSSR count). The number of para-hydroxylation sites is 1. The van der Waals surface area contributed by atoms with Crippen molar-refractivity contribution in [2.24, 2.45) is 5.41 Å². The number of aromatic nitrogens is 2. The molecule has 0 N–H and O–H groups in total. The van der Waals surface area contributed by atoms with Crippen LogP contribution in [-0.2, 0) is 4.74 Å². The van der Waals surface area contributed by atoms with E-state index in [9.17, 15) is 0 Å². The minimum atomic E-state index is 0.417. The second-order valence-electron chi connectivity index (χ2n) is 7.70. The van der Waals surface area contributed by atoms with Crippen LogP contribution in [0.4, 0.5) is 17.3 Å². The molecule has 1 spiro atoms. The highest BCUT2D eigenvalue weighted by Gasteiger charge is 2.48. The molecule has 1 aromatic carbocycles. The molecule has 6 heteroatoms. The lowest BCUT2D eigenvalue weighted by molar-refractivity contribution is 0.122. The SMILES string of the molecule is c1ccc(N2CC3(CCN(c4cc(N5CCOCC5)ncn4)C3)C2)cc1. The van der Waals surface area contributed by atoms with Crippen molar-refractivity contribution in [1.82, 2.24) is 9.97 Å². The van der Waals surface area contributed by atoms with Crippen LogP contribution in [0.5, 0.6) is 0 Å². The Kier molecular flexibility index (Phi) is 3.93. The number of rotatable bonds is 3. The second-order valence-corrected chi connectivity index (χ2v) is 7.70. The summed E-state index contributed by atoms with van der Waals surface area (Å²) in [5.74, 6) is 2.09. The van der Waals surface area contributed by atoms with E-state index in [1.165, 1.54) is 12.1 Å². The maximum atomic E-state index is 5.45. The lowest BCUT2D eigenvalue weighted by atomic mass is 9.79. The summed E-state index contributed by atoms with van der Waals surface area (Å²) >= 11 is 0. The van der Waals surface area contributed by atoms with Gasteiger partial charge in [-0.2, -0.15) is 0 Å². The molecule has 26 heavy (non-hydrogen) atoms. The number of ether oxygens (including phenoxy) is 1. The number of anilines is 3. The highest BCUT2D eigenvalue weighted by molar-refractivity contribution is 5.54. The maximum absolute atomic E-state index is 5.45. The Morgan fingerprint density at radius 3 is 2.27 bits per heavy atom. The van der Waals surface area contributed by atoms with Gasteiger partial charge in [-0.15, -0.1) is 0 Å². The van der Waals surface area contributed by atoms with E-state index in [0.29, 0.717) is 5.41 Å². The quantitative estimate of drug-likeness (QED) is 0.843. The zero-order valence-electron chi connectivity index (χ0n) is 15.0. The largest absolute Gasteiger partial charge is 0.378 e. The van der Waals surface area contributed by atoms with Crippen LogP contribution in [0.3, 0.4) is 0 Å². The molecular weight excluding hydrogens is 326 g/mol. The van der Waals surface area contributed by atoms with Crippen molar-refractivity contribution < 1.29 is 4.74 Å². The monoisotopic (exact) mass is 351 g/mol. The summed E-state index contributed by atoms with van der Waals surface area (Å²) in [6.07, 6.45) is 2.95. The molecule has 136 valence electrons. The van der Waals surface area contributed by atoms with Crippen LogP contribution in [0.1, 0.15) is 6.42 Å². The topological polar surface area (TPSA) is 44.7 Å². The van der Waals surface area contributed by atoms with Crippen molar-refractivity contribution >= 4 is 17.3 Å². The van der Waals surface area contributed by atoms with Gasteiger partial charge in [-0.05, 0) is 18.6 Å². The Hall–Kier alpha value is -2.34. The number of nitrogens with zero attached hydrogens (tertiary/aromatic N) is 5. The zero-order chi connectivity index (χ0) is 17.4. The van der Waals surface area contributed by atoms with Gasteiger partial charge in [0.2, 0.25) is 0 Å². The fraction of sp³-hybridized carbons (Fsp3) is 0.500. The predicted octanol–water partition coefficient (Wildman–Crippen LogP) is 2.03. The summed E-state index contributed by atoms with van der Waals surface area (Å²) in [6.45, 7) is 7.85. The summed E-state index contributed by atoms with van der Waals surface area (Å²) in [5.41, 5.74) is 1.76. The Balaban J connectivity index is 1.25. The van der Waals surface area contributed by atoms with Crippen molar-refractivity contribution in [3.63, 3.8) is 0 Å². The number of morpholine rings is 1. The summed E-state index contributed by atoms with van der Waals surface area (Å²) in [6, 6.07) is 12.9. The van der Waals surface area contributed by atoms with E-state index in [4.69, 9.17) is 4.74 Å². The molecule has 0 atom stereocenters. The molecule has 6 nitrogen and oxygen atoms in total. The molecule has 0 radical (unpaired) electrons. The molecule has 0 unspecified atom stereocenters. The van der Waals surface area contributed by atoms with E-state index in [1.54, 1.807) is 6.33 Å². The van der Waals surface area contributed by atoms with Crippen LogP contribution < -0.4 is 14.7 Å². The summed E-state index contributed by atoms with van der Waals surface area (Å²) in [7, 11) is 0. The molecule has 1 aromatic heterocycles. The smallest absolute Gasteiger partial charge is 0.134 e. The molecule has 3 aliphatic heterocycles. The summed E-state index contributed by atoms with van der Waals surface area (Å²) in [5, 5.41) is 0. The van der Waals surface area contributed by atoms with Gasteiger partial charge in [-0.1, -0.05) is 18.2 Å². The lowest BCUT2D eigenvalue weighted by Gasteiger charge is -2.49. The normalized spacial score (nSPS) is 21.9. The molecule has 0 saturated carbocycles. The molecule has 0 bridgehead atoms. The van der Waals surface area contributed by atoms with Crippen molar-refractivity contribution in [3.8, 4) is 0 Å². The maximum Gasteiger partial charge on any atom is 0.134 e. The standard InChI is InChI=1S/C20H25N5O/c1-2-4-17(5-3-1)25-14-20(15-25)6-7-24(13-20)19-12-18(21-16-22-19)23-8-10-26-11-9-23/h1-5,12,16H,6-11,13-15H2. The highest BCUT2D eigenvalue weighted by atomic mass is 16.5. The van der Waals surface area contributed by atoms with Gasteiger partial charge in [0.05, 0.1) is 13.2 Å². The fourth-order valence-corrected chi connectivity index (χ4v) is 4.45. The molecule has 4 heterocycles. The molecular formula is C20H25N5O. The second kappa shape index (κ2) is 6.43. The number of benzene rings is 1. The van der Waals surface area contributed by atoms with E-state index in [1.807, 2.05) is 0 Å². The van der Waals surface area contributed by atoms with E-state index < -0.39 is 0 Å². The van der Waals surface area contributed by atoms with Gasteiger partial charge in [0.1, 0.15) is 18.0 Å². The Morgan fingerprint density at radius 2 is 1.50 bits per heavy atom. The van der Waals surface area contributed by atoms with Crippen molar-refractivity contribution in [2.45, 2.75) is 6.42 Å². The Morgan fingerprint density at radius 1 is 0.808 bits per heavy atom. The van der Waals surface area contributed by atoms with Crippen molar-refractivity contribution in [1.29, 1.82) is 0 Å². The first-order chi connectivity index (χ1) is 12.8. The van der Waals surface area contributed by atoms with Crippen LogP contribution in [0, 0.1) is 5.41 Å². The van der Waals surface area contributed by atoms with Crippen molar-refractivity contribution in [2.75, 3.05) is 67.2 Å². The van der Waals surface area contributed by atoms with Crippen LogP contribution in [0.25, 0.3) is 0 Å². The fourth-order valence-electron chi connectivity index (χ4n) is 4.45. The predicted molar refractivity (Wildman–Crippen MR) is 103 cm³/mol. The molecule has 2 aromatic rings. The van der Waals surface area contributed by atoms with Gasteiger partial charge in [0.25, 0.3) is 0 Å². The first-order valence-corrected chi connectivity index (χ1v) is 9.51. The Labute approximate surface area is 154 Å². The molecule has 3 aliphatic rings. The lowest BCUT2D eigenvalue weighted by Crippen LogP contribution is -2.57. The Bertz CT molecular complexity index is 756. The van der Waals surface area contributed by atoms with Gasteiger partial charge < -0.3 is 19.4 Å². The molecule has 3 fully saturated rings. The average molecular weight is 351 g/mol. The van der Waals surface area contributed by atoms with E-state index >= 15 is 0 Å². The highest BCUT2D eigenvalue weighted by Crippen LogP contribution is 2.42. The van der Waals surface area contributed by atoms with Crippen LogP contribution >= 0.6 is 0 Å². The first kappa shape index (κ1) is 15.9. The van der Waals surface area contributed by atoms with E-state index in [-0.39, 0.29) is 0 Å². The molecule has 0 aliphatic carbocycles. The van der Waals surface area contributed by atoms with E-state index in [0.717, 1.165) is 64.1 Å². The molecule has 0 amide bonds. The minimum absolute atomic E-state index is 0.417. The van der Waals surface area contributed by atoms with Crippen LogP contribution in [0.2, 0.25) is 0 Å². The third-order valence-corrected chi connectivity index (χ3v) is 5.91. The summed E-state index contributed by atoms with van der Waals surface area (Å²) < 4.78 is 5.45. The van der Waals surface area contributed by atoms with Crippen LogP contribution in [-0.4, -0.2) is 62.5 Å². The summed E-state index contributed by atoms with van der Waals surface area (Å²) in [4.78, 5) is 16.3. The minimum Gasteiger partial charge on any atom is -0.378 e.